The normalized spacial score (nSPS) is 10.1. The van der Waals surface area contributed by atoms with Crippen LogP contribution in [0.15, 0.2) is 39.3 Å². The second-order valence-corrected chi connectivity index (χ2v) is 7.20. The molecule has 1 amide bonds. The fraction of sp³-hybridized carbons (Fsp3) is 0.125. The molecule has 8 nitrogen and oxygen atoms in total. The van der Waals surface area contributed by atoms with E-state index < -0.39 is 10.8 Å². The van der Waals surface area contributed by atoms with Gasteiger partial charge in [-0.25, -0.2) is 0 Å². The number of nitro groups is 1. The van der Waals surface area contributed by atoms with Crippen molar-refractivity contribution in [3.8, 4) is 11.5 Å². The Morgan fingerprint density at radius 2 is 1.89 bits per heavy atom. The van der Waals surface area contributed by atoms with E-state index in [-0.39, 0.29) is 22.1 Å². The number of benzene rings is 2. The Labute approximate surface area is 176 Å². The van der Waals surface area contributed by atoms with Gasteiger partial charge in [-0.05, 0) is 52.4 Å². The van der Waals surface area contributed by atoms with Crippen LogP contribution in [0.25, 0.3) is 0 Å². The Morgan fingerprint density at radius 1 is 1.19 bits per heavy atom. The number of rotatable bonds is 5. The maximum Gasteiger partial charge on any atom is 0.296 e. The molecule has 0 aliphatic heterocycles. The number of hydrogen-bond acceptors (Lipinski definition) is 6. The van der Waals surface area contributed by atoms with Crippen molar-refractivity contribution in [2.75, 3.05) is 19.5 Å². The minimum Gasteiger partial charge on any atom is -0.496 e. The van der Waals surface area contributed by atoms with E-state index in [0.29, 0.717) is 20.4 Å². The summed E-state index contributed by atoms with van der Waals surface area (Å²) in [5.74, 6) is 0.113. The van der Waals surface area contributed by atoms with E-state index in [1.165, 1.54) is 32.4 Å². The molecule has 0 spiro atoms. The molecule has 0 atom stereocenters. The summed E-state index contributed by atoms with van der Waals surface area (Å²) in [4.78, 5) is 23.2. The van der Waals surface area contributed by atoms with Crippen molar-refractivity contribution < 1.29 is 19.2 Å². The first-order valence-corrected chi connectivity index (χ1v) is 9.24. The monoisotopic (exact) mass is 517 g/mol. The molecule has 0 aliphatic carbocycles. The molecule has 0 heterocycles. The molecule has 2 aromatic rings. The number of nitrogens with zero attached hydrogens (tertiary/aromatic N) is 1. The zero-order valence-corrected chi connectivity index (χ0v) is 18.0. The van der Waals surface area contributed by atoms with Crippen LogP contribution in [0.5, 0.6) is 11.5 Å². The van der Waals surface area contributed by atoms with E-state index in [1.54, 1.807) is 12.1 Å². The summed E-state index contributed by atoms with van der Waals surface area (Å²) in [5, 5.41) is 16.2. The zero-order valence-electron chi connectivity index (χ0n) is 14.0. The summed E-state index contributed by atoms with van der Waals surface area (Å²) in [5.41, 5.74) is 0.106. The maximum absolute atomic E-state index is 12.5. The van der Waals surface area contributed by atoms with E-state index in [2.05, 4.69) is 42.5 Å². The van der Waals surface area contributed by atoms with Gasteiger partial charge in [-0.1, -0.05) is 15.9 Å². The first-order valence-electron chi connectivity index (χ1n) is 7.24. The number of hydrogen-bond donors (Lipinski definition) is 2. The van der Waals surface area contributed by atoms with Gasteiger partial charge in [0.05, 0.1) is 35.2 Å². The molecular formula is C16H13Br2N3O5S. The number of amides is 1. The van der Waals surface area contributed by atoms with Crippen LogP contribution in [0.2, 0.25) is 0 Å². The lowest BCUT2D eigenvalue weighted by atomic mass is 10.2. The molecule has 142 valence electrons. The molecule has 2 rings (SSSR count). The van der Waals surface area contributed by atoms with E-state index in [9.17, 15) is 14.9 Å². The molecule has 2 aromatic carbocycles. The summed E-state index contributed by atoms with van der Waals surface area (Å²) in [6.07, 6.45) is 0. The predicted molar refractivity (Wildman–Crippen MR) is 112 cm³/mol. The molecule has 0 radical (unpaired) electrons. The van der Waals surface area contributed by atoms with Crippen LogP contribution in [0.4, 0.5) is 11.4 Å². The first kappa shape index (κ1) is 21.1. The molecule has 0 saturated heterocycles. The van der Waals surface area contributed by atoms with Gasteiger partial charge in [-0.3, -0.25) is 20.2 Å². The third-order valence-corrected chi connectivity index (χ3v) is 4.58. The highest BCUT2D eigenvalue weighted by atomic mass is 79.9. The number of ether oxygens (including phenoxy) is 2. The van der Waals surface area contributed by atoms with E-state index in [1.807, 2.05) is 0 Å². The highest BCUT2D eigenvalue weighted by Gasteiger charge is 2.20. The molecule has 27 heavy (non-hydrogen) atoms. The lowest BCUT2D eigenvalue weighted by Gasteiger charge is -2.13. The predicted octanol–water partition coefficient (Wildman–Crippen LogP) is 4.26. The van der Waals surface area contributed by atoms with Crippen LogP contribution in [0, 0.1) is 10.1 Å². The third kappa shape index (κ3) is 5.15. The van der Waals surface area contributed by atoms with Gasteiger partial charge in [0, 0.05) is 4.47 Å². The van der Waals surface area contributed by atoms with E-state index in [0.717, 1.165) is 0 Å². The Kier molecular flexibility index (Phi) is 7.11. The summed E-state index contributed by atoms with van der Waals surface area (Å²) in [6, 6.07) is 7.52. The highest BCUT2D eigenvalue weighted by Crippen LogP contribution is 2.33. The van der Waals surface area contributed by atoms with Crippen LogP contribution in [-0.4, -0.2) is 30.2 Å². The highest BCUT2D eigenvalue weighted by molar-refractivity contribution is 9.11. The molecule has 0 fully saturated rings. The van der Waals surface area contributed by atoms with Crippen LogP contribution in [-0.2, 0) is 0 Å². The maximum atomic E-state index is 12.5. The molecule has 0 bridgehead atoms. The van der Waals surface area contributed by atoms with Gasteiger partial charge in [0.25, 0.3) is 11.6 Å². The van der Waals surface area contributed by atoms with Gasteiger partial charge in [0.1, 0.15) is 17.2 Å². The largest absolute Gasteiger partial charge is 0.496 e. The molecule has 2 N–H and O–H groups in total. The average Bonchev–Trinajstić information content (AvgIpc) is 2.61. The molecule has 0 saturated carbocycles. The topological polar surface area (TPSA) is 103 Å². The number of thiocarbonyl (C=S) groups is 1. The van der Waals surface area contributed by atoms with Gasteiger partial charge in [-0.15, -0.1) is 0 Å². The first-order chi connectivity index (χ1) is 12.8. The smallest absolute Gasteiger partial charge is 0.296 e. The lowest BCUT2D eigenvalue weighted by molar-refractivity contribution is -0.384. The van der Waals surface area contributed by atoms with Crippen LogP contribution >= 0.6 is 44.1 Å². The third-order valence-electron chi connectivity index (χ3n) is 3.33. The summed E-state index contributed by atoms with van der Waals surface area (Å²) in [7, 11) is 2.84. The number of anilines is 1. The van der Waals surface area contributed by atoms with E-state index in [4.69, 9.17) is 21.7 Å². The Morgan fingerprint density at radius 3 is 2.48 bits per heavy atom. The zero-order chi connectivity index (χ0) is 20.1. The van der Waals surface area contributed by atoms with Gasteiger partial charge in [0.15, 0.2) is 5.11 Å². The van der Waals surface area contributed by atoms with E-state index >= 15 is 0 Å². The summed E-state index contributed by atoms with van der Waals surface area (Å²) in [6.45, 7) is 0. The average molecular weight is 519 g/mol. The van der Waals surface area contributed by atoms with Crippen LogP contribution < -0.4 is 20.1 Å². The summed E-state index contributed by atoms with van der Waals surface area (Å²) < 4.78 is 11.4. The standard InChI is InChI=1S/C16H13Br2N3O5S/c1-25-9-3-4-12(13(7-9)21(23)24)19-16(27)20-15(22)10-5-8(17)6-11(18)14(10)26-2/h3-7H,1-2H3,(H2,19,20,22,27). The Bertz CT molecular complexity index is 923. The van der Waals surface area contributed by atoms with Gasteiger partial charge >= 0.3 is 0 Å². The second kappa shape index (κ2) is 9.11. The Balaban J connectivity index is 2.22. The number of methoxy groups -OCH3 is 2. The minimum absolute atomic E-state index is 0.105. The molecule has 0 unspecified atom stereocenters. The SMILES string of the molecule is COc1ccc(NC(=S)NC(=O)c2cc(Br)cc(Br)c2OC)c([N+](=O)[O-])c1. The van der Waals surface area contributed by atoms with Crippen molar-refractivity contribution in [2.45, 2.75) is 0 Å². The summed E-state index contributed by atoms with van der Waals surface area (Å²) >= 11 is 11.7. The quantitative estimate of drug-likeness (QED) is 0.346. The number of halogens is 2. The number of carbonyl (C=O) groups is 1. The minimum atomic E-state index is -0.580. The van der Waals surface area contributed by atoms with Gasteiger partial charge in [-0.2, -0.15) is 0 Å². The van der Waals surface area contributed by atoms with Crippen molar-refractivity contribution in [2.24, 2.45) is 0 Å². The van der Waals surface area contributed by atoms with Crippen molar-refractivity contribution in [1.82, 2.24) is 5.32 Å². The van der Waals surface area contributed by atoms with Crippen molar-refractivity contribution in [3.05, 3.63) is 55.0 Å². The fourth-order valence-corrected chi connectivity index (χ4v) is 3.75. The molecule has 0 aliphatic rings. The van der Waals surface area contributed by atoms with Crippen LogP contribution in [0.3, 0.4) is 0 Å². The molecule has 0 aromatic heterocycles. The fourth-order valence-electron chi connectivity index (χ4n) is 2.16. The molecular weight excluding hydrogens is 506 g/mol. The number of nitrogens with one attached hydrogen (secondary N) is 2. The number of nitro benzene ring substituents is 1. The van der Waals surface area contributed by atoms with Crippen molar-refractivity contribution in [1.29, 1.82) is 0 Å². The second-order valence-electron chi connectivity index (χ2n) is 5.02. The number of carbonyl (C=O) groups excluding carboxylic acids is 1. The van der Waals surface area contributed by atoms with Gasteiger partial charge < -0.3 is 14.8 Å². The van der Waals surface area contributed by atoms with Crippen LogP contribution in [0.1, 0.15) is 10.4 Å². The van der Waals surface area contributed by atoms with Crippen molar-refractivity contribution >= 4 is 66.5 Å². The lowest BCUT2D eigenvalue weighted by Crippen LogP contribution is -2.34. The van der Waals surface area contributed by atoms with Gasteiger partial charge in [0.2, 0.25) is 0 Å². The van der Waals surface area contributed by atoms with Crippen molar-refractivity contribution in [3.63, 3.8) is 0 Å². The molecule has 11 heteroatoms. The Hall–Kier alpha value is -2.24.